The second-order valence-electron chi connectivity index (χ2n) is 8.63. The first-order chi connectivity index (χ1) is 18.6. The van der Waals surface area contributed by atoms with E-state index in [0.717, 1.165) is 43.2 Å². The van der Waals surface area contributed by atoms with E-state index in [1.807, 2.05) is 60.7 Å². The Kier molecular flexibility index (Phi) is 8.17. The fraction of sp³-hybridized carbons (Fsp3) is 0.179. The number of rotatable bonds is 8. The van der Waals surface area contributed by atoms with Gasteiger partial charge in [0.05, 0.1) is 30.8 Å². The van der Waals surface area contributed by atoms with Crippen molar-refractivity contribution in [3.8, 4) is 0 Å². The van der Waals surface area contributed by atoms with Crippen LogP contribution in [0.2, 0.25) is 5.02 Å². The van der Waals surface area contributed by atoms with Crippen LogP contribution in [0.25, 0.3) is 0 Å². The van der Waals surface area contributed by atoms with Gasteiger partial charge >= 0.3 is 6.03 Å². The summed E-state index contributed by atoms with van der Waals surface area (Å²) in [4.78, 5) is 23.7. The summed E-state index contributed by atoms with van der Waals surface area (Å²) in [7, 11) is 0. The third kappa shape index (κ3) is 6.70. The zero-order valence-corrected chi connectivity index (χ0v) is 21.4. The monoisotopic (exact) mass is 529 g/mol. The van der Waals surface area contributed by atoms with Crippen LogP contribution in [-0.4, -0.2) is 42.3 Å². The van der Waals surface area contributed by atoms with Crippen molar-refractivity contribution in [3.63, 3.8) is 0 Å². The molecule has 1 aromatic heterocycles. The molecule has 0 bridgehead atoms. The molecule has 0 aliphatic carbocycles. The molecular formula is C28H28ClN7O2. The van der Waals surface area contributed by atoms with Crippen molar-refractivity contribution in [3.05, 3.63) is 95.6 Å². The van der Waals surface area contributed by atoms with Gasteiger partial charge in [-0.3, -0.25) is 0 Å². The van der Waals surface area contributed by atoms with E-state index in [1.54, 1.807) is 6.07 Å². The predicted molar refractivity (Wildman–Crippen MR) is 152 cm³/mol. The van der Waals surface area contributed by atoms with Gasteiger partial charge in [-0.2, -0.15) is 4.98 Å². The minimum Gasteiger partial charge on any atom is -0.378 e. The van der Waals surface area contributed by atoms with E-state index in [0.29, 0.717) is 34.7 Å². The highest BCUT2D eigenvalue weighted by molar-refractivity contribution is 6.33. The Bertz CT molecular complexity index is 1360. The molecule has 0 saturated carbocycles. The Morgan fingerprint density at radius 3 is 2.37 bits per heavy atom. The summed E-state index contributed by atoms with van der Waals surface area (Å²) in [5.74, 6) is 0.801. The highest BCUT2D eigenvalue weighted by Gasteiger charge is 2.13. The standard InChI is InChI=1S/C28H28ClN7O2/c29-23-19-30-27(32-21-10-12-22(13-11-21)36-14-16-38-17-15-36)35-26(23)33-24-8-4-5-9-25(24)34-28(37)31-18-20-6-2-1-3-7-20/h1-13,19H,14-18H2,(H2,31,34,37)(H2,30,32,33,35). The van der Waals surface area contributed by atoms with Crippen LogP contribution in [0, 0.1) is 0 Å². The summed E-state index contributed by atoms with van der Waals surface area (Å²) in [5.41, 5.74) is 4.24. The van der Waals surface area contributed by atoms with Crippen molar-refractivity contribution in [1.29, 1.82) is 0 Å². The SMILES string of the molecule is O=C(NCc1ccccc1)Nc1ccccc1Nc1nc(Nc2ccc(N3CCOCC3)cc2)ncc1Cl. The van der Waals surface area contributed by atoms with Crippen molar-refractivity contribution in [2.24, 2.45) is 0 Å². The summed E-state index contributed by atoms with van der Waals surface area (Å²) in [6, 6.07) is 24.8. The molecule has 10 heteroatoms. The molecule has 38 heavy (non-hydrogen) atoms. The van der Waals surface area contributed by atoms with E-state index in [-0.39, 0.29) is 6.03 Å². The van der Waals surface area contributed by atoms with E-state index >= 15 is 0 Å². The predicted octanol–water partition coefficient (Wildman–Crippen LogP) is 5.78. The normalized spacial score (nSPS) is 13.0. The van der Waals surface area contributed by atoms with E-state index in [4.69, 9.17) is 16.3 Å². The number of aromatic nitrogens is 2. The molecule has 1 fully saturated rings. The van der Waals surface area contributed by atoms with Gasteiger partial charge in [0.15, 0.2) is 5.82 Å². The molecule has 0 atom stereocenters. The van der Waals surface area contributed by atoms with E-state index in [9.17, 15) is 4.79 Å². The number of hydrogen-bond acceptors (Lipinski definition) is 7. The molecule has 3 aromatic carbocycles. The lowest BCUT2D eigenvalue weighted by Crippen LogP contribution is -2.36. The maximum atomic E-state index is 12.5. The van der Waals surface area contributed by atoms with Crippen LogP contribution >= 0.6 is 11.6 Å². The fourth-order valence-corrected chi connectivity index (χ4v) is 4.13. The van der Waals surface area contributed by atoms with Crippen molar-refractivity contribution in [1.82, 2.24) is 15.3 Å². The van der Waals surface area contributed by atoms with Crippen LogP contribution in [0.3, 0.4) is 0 Å². The second-order valence-corrected chi connectivity index (χ2v) is 9.03. The molecule has 0 spiro atoms. The van der Waals surface area contributed by atoms with Crippen molar-refractivity contribution in [2.75, 3.05) is 47.2 Å². The zero-order valence-electron chi connectivity index (χ0n) is 20.7. The Morgan fingerprint density at radius 2 is 1.61 bits per heavy atom. The van der Waals surface area contributed by atoms with Gasteiger partial charge in [-0.05, 0) is 42.0 Å². The number of carbonyl (C=O) groups is 1. The lowest BCUT2D eigenvalue weighted by molar-refractivity contribution is 0.122. The van der Waals surface area contributed by atoms with Crippen LogP contribution < -0.4 is 26.2 Å². The molecule has 2 heterocycles. The van der Waals surface area contributed by atoms with Crippen LogP contribution in [0.4, 0.5) is 39.3 Å². The molecule has 1 aliphatic heterocycles. The zero-order chi connectivity index (χ0) is 26.2. The maximum Gasteiger partial charge on any atom is 0.319 e. The molecule has 4 aromatic rings. The summed E-state index contributed by atoms with van der Waals surface area (Å²) < 4.78 is 5.43. The molecule has 5 rings (SSSR count). The summed E-state index contributed by atoms with van der Waals surface area (Å²) >= 11 is 6.40. The minimum atomic E-state index is -0.320. The highest BCUT2D eigenvalue weighted by Crippen LogP contribution is 2.29. The number of para-hydroxylation sites is 2. The van der Waals surface area contributed by atoms with E-state index < -0.39 is 0 Å². The number of ether oxygens (including phenoxy) is 1. The highest BCUT2D eigenvalue weighted by atomic mass is 35.5. The number of amides is 2. The Hall–Kier alpha value is -4.34. The van der Waals surface area contributed by atoms with Crippen LogP contribution in [0.15, 0.2) is 85.1 Å². The maximum absolute atomic E-state index is 12.5. The number of anilines is 6. The van der Waals surface area contributed by atoms with Gasteiger partial charge in [0, 0.05) is 31.0 Å². The number of halogens is 1. The lowest BCUT2D eigenvalue weighted by atomic mass is 10.2. The minimum absolute atomic E-state index is 0.320. The number of nitrogens with one attached hydrogen (secondary N) is 4. The third-order valence-corrected chi connectivity index (χ3v) is 6.24. The number of benzene rings is 3. The van der Waals surface area contributed by atoms with Crippen molar-refractivity contribution < 1.29 is 9.53 Å². The van der Waals surface area contributed by atoms with Crippen molar-refractivity contribution in [2.45, 2.75) is 6.54 Å². The molecule has 2 amide bonds. The molecular weight excluding hydrogens is 502 g/mol. The number of nitrogens with zero attached hydrogens (tertiary/aromatic N) is 3. The molecule has 1 saturated heterocycles. The Morgan fingerprint density at radius 1 is 0.895 bits per heavy atom. The van der Waals surface area contributed by atoms with E-state index in [2.05, 4.69) is 48.3 Å². The molecule has 1 aliphatic rings. The Labute approximate surface area is 226 Å². The van der Waals surface area contributed by atoms with Gasteiger partial charge in [-0.25, -0.2) is 9.78 Å². The molecule has 194 valence electrons. The summed E-state index contributed by atoms with van der Waals surface area (Å²) in [5, 5.41) is 12.5. The van der Waals surface area contributed by atoms with Crippen molar-refractivity contribution >= 4 is 52.1 Å². The quantitative estimate of drug-likeness (QED) is 0.229. The first-order valence-corrected chi connectivity index (χ1v) is 12.7. The van der Waals surface area contributed by atoms with Gasteiger partial charge in [0.25, 0.3) is 0 Å². The number of carbonyl (C=O) groups excluding carboxylic acids is 1. The number of hydrogen-bond donors (Lipinski definition) is 4. The van der Waals surface area contributed by atoms with Gasteiger partial charge in [-0.15, -0.1) is 0 Å². The van der Waals surface area contributed by atoms with Crippen LogP contribution in [-0.2, 0) is 11.3 Å². The largest absolute Gasteiger partial charge is 0.378 e. The van der Waals surface area contributed by atoms with E-state index in [1.165, 1.54) is 6.20 Å². The third-order valence-electron chi connectivity index (χ3n) is 5.97. The fourth-order valence-electron chi connectivity index (χ4n) is 3.99. The number of morpholine rings is 1. The second kappa shape index (κ2) is 12.3. The molecule has 4 N–H and O–H groups in total. The molecule has 0 radical (unpaired) electrons. The lowest BCUT2D eigenvalue weighted by Gasteiger charge is -2.28. The van der Waals surface area contributed by atoms with Gasteiger partial charge < -0.3 is 30.9 Å². The smallest absolute Gasteiger partial charge is 0.319 e. The summed E-state index contributed by atoms with van der Waals surface area (Å²) in [6.07, 6.45) is 1.53. The average molecular weight is 530 g/mol. The van der Waals surface area contributed by atoms with Crippen LogP contribution in [0.1, 0.15) is 5.56 Å². The van der Waals surface area contributed by atoms with Gasteiger partial charge in [0.2, 0.25) is 5.95 Å². The van der Waals surface area contributed by atoms with Crippen LogP contribution in [0.5, 0.6) is 0 Å². The average Bonchev–Trinajstić information content (AvgIpc) is 2.96. The topological polar surface area (TPSA) is 103 Å². The first kappa shape index (κ1) is 25.3. The molecule has 0 unspecified atom stereocenters. The van der Waals surface area contributed by atoms with Gasteiger partial charge in [0.1, 0.15) is 5.02 Å². The Balaban J connectivity index is 1.24. The first-order valence-electron chi connectivity index (χ1n) is 12.3. The molecule has 9 nitrogen and oxygen atoms in total. The van der Waals surface area contributed by atoms with Gasteiger partial charge in [-0.1, -0.05) is 54.1 Å². The summed E-state index contributed by atoms with van der Waals surface area (Å²) in [6.45, 7) is 3.67. The number of urea groups is 1.